The van der Waals surface area contributed by atoms with E-state index in [1.807, 2.05) is 13.8 Å². The summed E-state index contributed by atoms with van der Waals surface area (Å²) in [6.45, 7) is 9.95. The highest BCUT2D eigenvalue weighted by atomic mass is 15.1. The van der Waals surface area contributed by atoms with Crippen LogP contribution in [0, 0.1) is 6.92 Å². The highest BCUT2D eigenvalue weighted by molar-refractivity contribution is 5.24. The molecule has 0 spiro atoms. The summed E-state index contributed by atoms with van der Waals surface area (Å²) in [4.78, 5) is 0. The van der Waals surface area contributed by atoms with Crippen molar-refractivity contribution in [1.29, 1.82) is 0 Å². The maximum Gasteiger partial charge on any atom is 0.0676 e. The van der Waals surface area contributed by atoms with Gasteiger partial charge in [-0.05, 0) is 44.7 Å². The quantitative estimate of drug-likeness (QED) is 0.775. The molecule has 0 aliphatic carbocycles. The van der Waals surface area contributed by atoms with Crippen molar-refractivity contribution in [3.63, 3.8) is 0 Å². The molecule has 0 aromatic carbocycles. The average Bonchev–Trinajstić information content (AvgIpc) is 2.25. The third kappa shape index (κ3) is 3.42. The summed E-state index contributed by atoms with van der Waals surface area (Å²) in [5.74, 6) is 0. The summed E-state index contributed by atoms with van der Waals surface area (Å²) in [6.07, 6.45) is 2.77. The highest BCUT2D eigenvalue weighted by Gasteiger charge is 2.12. The second-order valence-electron chi connectivity index (χ2n) is 4.34. The van der Waals surface area contributed by atoms with Crippen LogP contribution < -0.4 is 5.73 Å². The molecular weight excluding hydrogens is 198 g/mol. The van der Waals surface area contributed by atoms with Crippen molar-refractivity contribution in [2.24, 2.45) is 5.73 Å². The van der Waals surface area contributed by atoms with E-state index in [0.29, 0.717) is 0 Å². The first kappa shape index (κ1) is 12.8. The van der Waals surface area contributed by atoms with E-state index in [-0.39, 0.29) is 6.04 Å². The zero-order valence-electron chi connectivity index (χ0n) is 10.5. The van der Waals surface area contributed by atoms with Gasteiger partial charge in [0.2, 0.25) is 0 Å². The molecule has 1 aromatic rings. The van der Waals surface area contributed by atoms with Gasteiger partial charge in [-0.25, -0.2) is 0 Å². The first-order chi connectivity index (χ1) is 7.54. The Morgan fingerprint density at radius 3 is 2.75 bits per heavy atom. The van der Waals surface area contributed by atoms with Crippen LogP contribution in [0.25, 0.3) is 0 Å². The van der Waals surface area contributed by atoms with Gasteiger partial charge in [0, 0.05) is 6.04 Å². The SMILES string of the molecule is C=C(C)CCC(N)c1cc(C)nnc1CC. The van der Waals surface area contributed by atoms with Crippen molar-refractivity contribution in [1.82, 2.24) is 10.2 Å². The van der Waals surface area contributed by atoms with Crippen LogP contribution in [0.4, 0.5) is 0 Å². The molecule has 0 aliphatic heterocycles. The fraction of sp³-hybridized carbons (Fsp3) is 0.538. The second-order valence-corrected chi connectivity index (χ2v) is 4.34. The number of rotatable bonds is 5. The number of aromatic nitrogens is 2. The van der Waals surface area contributed by atoms with Crippen LogP contribution >= 0.6 is 0 Å². The Hall–Kier alpha value is -1.22. The first-order valence-electron chi connectivity index (χ1n) is 5.77. The molecule has 16 heavy (non-hydrogen) atoms. The summed E-state index contributed by atoms with van der Waals surface area (Å²) >= 11 is 0. The van der Waals surface area contributed by atoms with E-state index in [1.54, 1.807) is 0 Å². The van der Waals surface area contributed by atoms with E-state index < -0.39 is 0 Å². The summed E-state index contributed by atoms with van der Waals surface area (Å²) < 4.78 is 0. The summed E-state index contributed by atoms with van der Waals surface area (Å²) in [6, 6.07) is 2.09. The predicted octanol–water partition coefficient (Wildman–Crippen LogP) is 2.70. The topological polar surface area (TPSA) is 51.8 Å². The van der Waals surface area contributed by atoms with Gasteiger partial charge in [-0.3, -0.25) is 0 Å². The number of allylic oxidation sites excluding steroid dienone is 1. The average molecular weight is 219 g/mol. The van der Waals surface area contributed by atoms with E-state index >= 15 is 0 Å². The van der Waals surface area contributed by atoms with Crippen molar-refractivity contribution >= 4 is 0 Å². The fourth-order valence-corrected chi connectivity index (χ4v) is 1.69. The maximum absolute atomic E-state index is 6.18. The molecule has 1 aromatic heterocycles. The molecule has 0 bridgehead atoms. The van der Waals surface area contributed by atoms with Gasteiger partial charge < -0.3 is 5.73 Å². The minimum absolute atomic E-state index is 0.0425. The molecule has 0 saturated carbocycles. The lowest BCUT2D eigenvalue weighted by Gasteiger charge is -2.15. The van der Waals surface area contributed by atoms with Gasteiger partial charge in [-0.2, -0.15) is 10.2 Å². The van der Waals surface area contributed by atoms with Crippen molar-refractivity contribution in [3.8, 4) is 0 Å². The molecular formula is C13H21N3. The Morgan fingerprint density at radius 2 is 2.19 bits per heavy atom. The minimum Gasteiger partial charge on any atom is -0.324 e. The van der Waals surface area contributed by atoms with E-state index in [4.69, 9.17) is 5.73 Å². The standard InChI is InChI=1S/C13H21N3/c1-5-13-11(8-10(4)15-16-13)12(14)7-6-9(2)3/h8,12H,2,5-7,14H2,1,3-4H3. The van der Waals surface area contributed by atoms with Crippen molar-refractivity contribution in [3.05, 3.63) is 35.2 Å². The van der Waals surface area contributed by atoms with E-state index in [0.717, 1.165) is 36.2 Å². The van der Waals surface area contributed by atoms with Crippen LogP contribution in [-0.2, 0) is 6.42 Å². The van der Waals surface area contributed by atoms with Gasteiger partial charge in [-0.1, -0.05) is 12.5 Å². The van der Waals surface area contributed by atoms with E-state index in [2.05, 4.69) is 29.8 Å². The molecule has 2 N–H and O–H groups in total. The molecule has 1 rings (SSSR count). The van der Waals surface area contributed by atoms with Crippen molar-refractivity contribution in [2.75, 3.05) is 0 Å². The zero-order valence-corrected chi connectivity index (χ0v) is 10.5. The number of hydrogen-bond acceptors (Lipinski definition) is 3. The van der Waals surface area contributed by atoms with Gasteiger partial charge in [0.05, 0.1) is 11.4 Å². The van der Waals surface area contributed by atoms with Gasteiger partial charge in [0.1, 0.15) is 0 Å². The third-order valence-corrected chi connectivity index (χ3v) is 2.64. The molecule has 1 heterocycles. The molecule has 3 heteroatoms. The van der Waals surface area contributed by atoms with Crippen LogP contribution in [0.15, 0.2) is 18.2 Å². The van der Waals surface area contributed by atoms with Crippen LogP contribution in [0.2, 0.25) is 0 Å². The van der Waals surface area contributed by atoms with Gasteiger partial charge in [0.25, 0.3) is 0 Å². The lowest BCUT2D eigenvalue weighted by Crippen LogP contribution is -2.14. The monoisotopic (exact) mass is 219 g/mol. The van der Waals surface area contributed by atoms with Crippen LogP contribution in [0.1, 0.15) is 49.7 Å². The van der Waals surface area contributed by atoms with Crippen LogP contribution in [0.3, 0.4) is 0 Å². The molecule has 3 nitrogen and oxygen atoms in total. The molecule has 0 radical (unpaired) electrons. The largest absolute Gasteiger partial charge is 0.324 e. The van der Waals surface area contributed by atoms with Gasteiger partial charge in [0.15, 0.2) is 0 Å². The Kier molecular flexibility index (Phi) is 4.62. The van der Waals surface area contributed by atoms with Gasteiger partial charge in [-0.15, -0.1) is 6.58 Å². The number of nitrogens with zero attached hydrogens (tertiary/aromatic N) is 2. The zero-order chi connectivity index (χ0) is 12.1. The lowest BCUT2D eigenvalue weighted by atomic mass is 9.98. The molecule has 0 aliphatic rings. The molecule has 1 unspecified atom stereocenters. The predicted molar refractivity (Wildman–Crippen MR) is 67.1 cm³/mol. The Morgan fingerprint density at radius 1 is 1.50 bits per heavy atom. The van der Waals surface area contributed by atoms with E-state index in [1.165, 1.54) is 5.57 Å². The normalized spacial score (nSPS) is 12.5. The summed E-state index contributed by atoms with van der Waals surface area (Å²) in [5, 5.41) is 8.26. The van der Waals surface area contributed by atoms with Gasteiger partial charge >= 0.3 is 0 Å². The minimum atomic E-state index is 0.0425. The van der Waals surface area contributed by atoms with Crippen molar-refractivity contribution in [2.45, 2.75) is 46.1 Å². The third-order valence-electron chi connectivity index (χ3n) is 2.64. The Labute approximate surface area is 97.8 Å². The van der Waals surface area contributed by atoms with Crippen molar-refractivity contribution < 1.29 is 0 Å². The van der Waals surface area contributed by atoms with Crippen LogP contribution in [-0.4, -0.2) is 10.2 Å². The number of nitrogens with two attached hydrogens (primary N) is 1. The Bertz CT molecular complexity index is 371. The first-order valence-corrected chi connectivity index (χ1v) is 5.77. The van der Waals surface area contributed by atoms with E-state index in [9.17, 15) is 0 Å². The molecule has 1 atom stereocenters. The summed E-state index contributed by atoms with van der Waals surface area (Å²) in [7, 11) is 0. The number of hydrogen-bond donors (Lipinski definition) is 1. The second kappa shape index (κ2) is 5.75. The Balaban J connectivity index is 2.84. The molecule has 0 saturated heterocycles. The molecule has 0 amide bonds. The molecule has 0 fully saturated rings. The lowest BCUT2D eigenvalue weighted by molar-refractivity contribution is 0.632. The maximum atomic E-state index is 6.18. The fourth-order valence-electron chi connectivity index (χ4n) is 1.69. The smallest absolute Gasteiger partial charge is 0.0676 e. The number of aryl methyl sites for hydroxylation is 2. The summed E-state index contributed by atoms with van der Waals surface area (Å²) in [5.41, 5.74) is 10.4. The van der Waals surface area contributed by atoms with Crippen LogP contribution in [0.5, 0.6) is 0 Å². The molecule has 88 valence electrons. The highest BCUT2D eigenvalue weighted by Crippen LogP contribution is 2.21.